The highest BCUT2D eigenvalue weighted by Gasteiger charge is 2.25. The first-order valence-corrected chi connectivity index (χ1v) is 10.9. The monoisotopic (exact) mass is 414 g/mol. The number of aryl methyl sites for hydroxylation is 1. The third-order valence-corrected chi connectivity index (χ3v) is 5.60. The van der Waals surface area contributed by atoms with Crippen LogP contribution in [0.2, 0.25) is 0 Å². The molecule has 0 aliphatic heterocycles. The standard InChI is InChI=1S/C23H30N2O3S/c1-5-24-23(27)18(3)25(14-19-9-11-21(28-4)12-10-19)22(26)16-29-15-20-8-6-7-17(2)13-20/h6-13,18H,5,14-16H2,1-4H3,(H,24,27)/t18-/m0/s1. The minimum atomic E-state index is -0.538. The SMILES string of the molecule is CCNC(=O)[C@H](C)N(Cc1ccc(OC)cc1)C(=O)CSCc1cccc(C)c1. The maximum atomic E-state index is 13.0. The lowest BCUT2D eigenvalue weighted by atomic mass is 10.1. The maximum Gasteiger partial charge on any atom is 0.242 e. The quantitative estimate of drug-likeness (QED) is 0.643. The predicted octanol–water partition coefficient (Wildman–Crippen LogP) is 3.79. The third-order valence-electron chi connectivity index (χ3n) is 4.61. The summed E-state index contributed by atoms with van der Waals surface area (Å²) in [5, 5.41) is 2.81. The van der Waals surface area contributed by atoms with E-state index in [-0.39, 0.29) is 11.8 Å². The summed E-state index contributed by atoms with van der Waals surface area (Å²) in [6, 6.07) is 15.3. The average molecular weight is 415 g/mol. The number of nitrogens with zero attached hydrogens (tertiary/aromatic N) is 1. The van der Waals surface area contributed by atoms with Gasteiger partial charge < -0.3 is 15.0 Å². The zero-order valence-electron chi connectivity index (χ0n) is 17.6. The number of hydrogen-bond acceptors (Lipinski definition) is 4. The second kappa shape index (κ2) is 11.5. The molecule has 2 aromatic carbocycles. The molecule has 2 rings (SSSR count). The number of benzene rings is 2. The molecule has 2 aromatic rings. The second-order valence-electron chi connectivity index (χ2n) is 6.92. The Morgan fingerprint density at radius 1 is 1.14 bits per heavy atom. The predicted molar refractivity (Wildman–Crippen MR) is 119 cm³/mol. The summed E-state index contributed by atoms with van der Waals surface area (Å²) in [4.78, 5) is 27.0. The normalized spacial score (nSPS) is 11.6. The van der Waals surface area contributed by atoms with Gasteiger partial charge in [-0.1, -0.05) is 42.0 Å². The highest BCUT2D eigenvalue weighted by molar-refractivity contribution is 7.99. The Morgan fingerprint density at radius 3 is 2.48 bits per heavy atom. The van der Waals surface area contributed by atoms with Crippen molar-refractivity contribution in [3.63, 3.8) is 0 Å². The Kier molecular flexibility index (Phi) is 9.06. The molecule has 0 aromatic heterocycles. The van der Waals surface area contributed by atoms with E-state index < -0.39 is 6.04 Å². The van der Waals surface area contributed by atoms with Crippen molar-refractivity contribution in [1.29, 1.82) is 0 Å². The van der Waals surface area contributed by atoms with E-state index >= 15 is 0 Å². The molecule has 0 spiro atoms. The molecule has 1 N–H and O–H groups in total. The fourth-order valence-corrected chi connectivity index (χ4v) is 3.83. The van der Waals surface area contributed by atoms with Gasteiger partial charge in [-0.25, -0.2) is 0 Å². The van der Waals surface area contributed by atoms with Gasteiger partial charge in [0.05, 0.1) is 12.9 Å². The Labute approximate surface area is 177 Å². The first-order chi connectivity index (χ1) is 13.9. The van der Waals surface area contributed by atoms with E-state index in [0.29, 0.717) is 18.8 Å². The van der Waals surface area contributed by atoms with Crippen LogP contribution in [0.1, 0.15) is 30.5 Å². The van der Waals surface area contributed by atoms with E-state index in [0.717, 1.165) is 17.1 Å². The molecule has 5 nitrogen and oxygen atoms in total. The Bertz CT molecular complexity index is 808. The van der Waals surface area contributed by atoms with Crippen molar-refractivity contribution in [3.05, 3.63) is 65.2 Å². The molecule has 1 atom stereocenters. The van der Waals surface area contributed by atoms with Gasteiger partial charge in [-0.3, -0.25) is 9.59 Å². The lowest BCUT2D eigenvalue weighted by Crippen LogP contribution is -2.48. The first kappa shape index (κ1) is 22.8. The van der Waals surface area contributed by atoms with Crippen LogP contribution in [0.15, 0.2) is 48.5 Å². The van der Waals surface area contributed by atoms with Crippen LogP contribution >= 0.6 is 11.8 Å². The van der Waals surface area contributed by atoms with Gasteiger partial charge in [-0.15, -0.1) is 11.8 Å². The number of ether oxygens (including phenoxy) is 1. The Balaban J connectivity index is 2.05. The van der Waals surface area contributed by atoms with E-state index in [2.05, 4.69) is 30.4 Å². The number of nitrogens with one attached hydrogen (secondary N) is 1. The minimum absolute atomic E-state index is 0.0442. The van der Waals surface area contributed by atoms with E-state index in [1.54, 1.807) is 30.7 Å². The van der Waals surface area contributed by atoms with Crippen molar-refractivity contribution in [1.82, 2.24) is 10.2 Å². The highest BCUT2D eigenvalue weighted by Crippen LogP contribution is 2.18. The lowest BCUT2D eigenvalue weighted by Gasteiger charge is -2.28. The molecule has 0 saturated carbocycles. The number of carbonyl (C=O) groups excluding carboxylic acids is 2. The molecule has 0 saturated heterocycles. The zero-order valence-corrected chi connectivity index (χ0v) is 18.4. The van der Waals surface area contributed by atoms with E-state index in [9.17, 15) is 9.59 Å². The van der Waals surface area contributed by atoms with Crippen molar-refractivity contribution in [2.75, 3.05) is 19.4 Å². The van der Waals surface area contributed by atoms with Gasteiger partial charge in [0.2, 0.25) is 11.8 Å². The summed E-state index contributed by atoms with van der Waals surface area (Å²) in [5.74, 6) is 1.67. The molecule has 29 heavy (non-hydrogen) atoms. The average Bonchev–Trinajstić information content (AvgIpc) is 2.72. The van der Waals surface area contributed by atoms with E-state index in [1.165, 1.54) is 11.1 Å². The second-order valence-corrected chi connectivity index (χ2v) is 7.91. The lowest BCUT2D eigenvalue weighted by molar-refractivity contribution is -0.138. The summed E-state index contributed by atoms with van der Waals surface area (Å²) in [5.41, 5.74) is 3.36. The van der Waals surface area contributed by atoms with Crippen LogP contribution in [0.5, 0.6) is 5.75 Å². The number of hydrogen-bond donors (Lipinski definition) is 1. The number of likely N-dealkylation sites (N-methyl/N-ethyl adjacent to an activating group) is 1. The van der Waals surface area contributed by atoms with Crippen molar-refractivity contribution < 1.29 is 14.3 Å². The molecule has 0 aliphatic rings. The molecular formula is C23H30N2O3S. The molecule has 0 heterocycles. The topological polar surface area (TPSA) is 58.6 Å². The van der Waals surface area contributed by atoms with Gasteiger partial charge >= 0.3 is 0 Å². The van der Waals surface area contributed by atoms with Crippen LogP contribution in [0.25, 0.3) is 0 Å². The maximum absolute atomic E-state index is 13.0. The number of thioether (sulfide) groups is 1. The van der Waals surface area contributed by atoms with Crippen molar-refractivity contribution in [3.8, 4) is 5.75 Å². The number of rotatable bonds is 10. The van der Waals surface area contributed by atoms with Crippen LogP contribution in [0.4, 0.5) is 0 Å². The number of methoxy groups -OCH3 is 1. The molecule has 156 valence electrons. The molecule has 0 unspecified atom stereocenters. The molecule has 0 radical (unpaired) electrons. The Hall–Kier alpha value is -2.47. The minimum Gasteiger partial charge on any atom is -0.497 e. The van der Waals surface area contributed by atoms with Crippen molar-refractivity contribution in [2.24, 2.45) is 0 Å². The van der Waals surface area contributed by atoms with Crippen LogP contribution in [0.3, 0.4) is 0 Å². The molecule has 2 amide bonds. The zero-order chi connectivity index (χ0) is 21.2. The first-order valence-electron chi connectivity index (χ1n) is 9.78. The van der Waals surface area contributed by atoms with Crippen LogP contribution in [-0.2, 0) is 21.9 Å². The summed E-state index contributed by atoms with van der Waals surface area (Å²) < 4.78 is 5.19. The number of amides is 2. The number of carbonyl (C=O) groups is 2. The van der Waals surface area contributed by atoms with Gasteiger partial charge in [-0.05, 0) is 44.0 Å². The van der Waals surface area contributed by atoms with Gasteiger partial charge in [0.1, 0.15) is 11.8 Å². The summed E-state index contributed by atoms with van der Waals surface area (Å²) in [6.45, 7) is 6.63. The molecule has 0 fully saturated rings. The smallest absolute Gasteiger partial charge is 0.242 e. The molecule has 0 bridgehead atoms. The summed E-state index contributed by atoms with van der Waals surface area (Å²) >= 11 is 1.57. The van der Waals surface area contributed by atoms with E-state index in [1.807, 2.05) is 37.3 Å². The van der Waals surface area contributed by atoms with Gasteiger partial charge in [0.15, 0.2) is 0 Å². The third kappa shape index (κ3) is 7.13. The fourth-order valence-electron chi connectivity index (χ4n) is 2.97. The van der Waals surface area contributed by atoms with Gasteiger partial charge in [0, 0.05) is 18.8 Å². The molecule has 6 heteroatoms. The van der Waals surface area contributed by atoms with Gasteiger partial charge in [-0.2, -0.15) is 0 Å². The van der Waals surface area contributed by atoms with E-state index in [4.69, 9.17) is 4.74 Å². The van der Waals surface area contributed by atoms with Crippen LogP contribution < -0.4 is 10.1 Å². The van der Waals surface area contributed by atoms with Crippen molar-refractivity contribution in [2.45, 2.75) is 39.1 Å². The Morgan fingerprint density at radius 2 is 1.86 bits per heavy atom. The summed E-state index contributed by atoms with van der Waals surface area (Å²) in [6.07, 6.45) is 0. The van der Waals surface area contributed by atoms with Crippen LogP contribution in [-0.4, -0.2) is 42.2 Å². The summed E-state index contributed by atoms with van der Waals surface area (Å²) in [7, 11) is 1.62. The fraction of sp³-hybridized carbons (Fsp3) is 0.391. The molecular weight excluding hydrogens is 384 g/mol. The van der Waals surface area contributed by atoms with Gasteiger partial charge in [0.25, 0.3) is 0 Å². The largest absolute Gasteiger partial charge is 0.497 e. The van der Waals surface area contributed by atoms with Crippen LogP contribution in [0, 0.1) is 6.92 Å². The molecule has 0 aliphatic carbocycles. The highest BCUT2D eigenvalue weighted by atomic mass is 32.2. The van der Waals surface area contributed by atoms with Crippen molar-refractivity contribution >= 4 is 23.6 Å².